The van der Waals surface area contributed by atoms with Crippen molar-refractivity contribution in [3.63, 3.8) is 0 Å². The highest BCUT2D eigenvalue weighted by Gasteiger charge is 2.06. The number of aliphatic hydroxyl groups is 2. The van der Waals surface area contributed by atoms with Crippen LogP contribution >= 0.6 is 118 Å². The van der Waals surface area contributed by atoms with Gasteiger partial charge in [-0.2, -0.15) is 47.0 Å². The molecule has 0 saturated heterocycles. The SMILES string of the molecule is O=C(CCSCSCO)OCCSCSCCC(=O)OCCSCSCCOOCCCSCSCCC(=O)OCCSCSCO. The molecule has 0 radical (unpaired) electrons. The van der Waals surface area contributed by atoms with Crippen molar-refractivity contribution in [1.82, 2.24) is 0 Å². The van der Waals surface area contributed by atoms with E-state index in [1.807, 2.05) is 11.8 Å². The Balaban J connectivity index is 3.24. The summed E-state index contributed by atoms with van der Waals surface area (Å²) in [5, 5.41) is 21.6. The summed E-state index contributed by atoms with van der Waals surface area (Å²) in [6, 6.07) is 0. The Morgan fingerprint density at radius 2 is 0.702 bits per heavy atom. The van der Waals surface area contributed by atoms with Crippen molar-refractivity contribution in [1.29, 1.82) is 0 Å². The van der Waals surface area contributed by atoms with Crippen LogP contribution < -0.4 is 0 Å². The number of hydrogen-bond acceptors (Lipinski definition) is 20. The number of thioether (sulfide) groups is 10. The second kappa shape index (κ2) is 42.2. The van der Waals surface area contributed by atoms with Crippen molar-refractivity contribution in [2.75, 3.05) is 116 Å². The second-order valence-corrected chi connectivity index (χ2v) is 21.0. The lowest BCUT2D eigenvalue weighted by molar-refractivity contribution is -0.289. The molecule has 0 saturated carbocycles. The van der Waals surface area contributed by atoms with Crippen LogP contribution in [0.3, 0.4) is 0 Å². The van der Waals surface area contributed by atoms with Crippen LogP contribution in [0.25, 0.3) is 0 Å². The Kier molecular flexibility index (Phi) is 43.7. The molecule has 0 atom stereocenters. The van der Waals surface area contributed by atoms with Crippen molar-refractivity contribution in [3.8, 4) is 0 Å². The van der Waals surface area contributed by atoms with E-state index in [4.69, 9.17) is 34.2 Å². The van der Waals surface area contributed by atoms with Gasteiger partial charge in [-0.25, -0.2) is 9.78 Å². The fourth-order valence-corrected chi connectivity index (χ4v) is 11.4. The highest BCUT2D eigenvalue weighted by Crippen LogP contribution is 2.16. The van der Waals surface area contributed by atoms with Crippen molar-refractivity contribution < 1.29 is 48.6 Å². The van der Waals surface area contributed by atoms with Crippen LogP contribution in [0.5, 0.6) is 0 Å². The molecule has 0 aliphatic carbocycles. The summed E-state index contributed by atoms with van der Waals surface area (Å²) in [5.41, 5.74) is 0. The van der Waals surface area contributed by atoms with Gasteiger partial charge >= 0.3 is 17.9 Å². The van der Waals surface area contributed by atoms with Gasteiger partial charge in [0.15, 0.2) is 0 Å². The van der Waals surface area contributed by atoms with Crippen LogP contribution in [0.4, 0.5) is 0 Å². The highest BCUT2D eigenvalue weighted by molar-refractivity contribution is 8.17. The smallest absolute Gasteiger partial charge is 0.306 e. The topological polar surface area (TPSA) is 138 Å². The Labute approximate surface area is 323 Å². The number of aliphatic hydroxyl groups excluding tert-OH is 2. The van der Waals surface area contributed by atoms with Crippen molar-refractivity contribution in [2.45, 2.75) is 25.7 Å². The second-order valence-electron chi connectivity index (χ2n) is 8.43. The predicted octanol–water partition coefficient (Wildman–Crippen LogP) is 6.14. The summed E-state index contributed by atoms with van der Waals surface area (Å²) in [6.45, 7) is 2.34. The average Bonchev–Trinajstić information content (AvgIpc) is 3.06. The largest absolute Gasteiger partial charge is 0.465 e. The average molecular weight is 855 g/mol. The van der Waals surface area contributed by atoms with Crippen LogP contribution in [0.2, 0.25) is 0 Å². The lowest BCUT2D eigenvalue weighted by atomic mass is 10.5. The quantitative estimate of drug-likeness (QED) is 0.0183. The van der Waals surface area contributed by atoms with E-state index in [9.17, 15) is 14.4 Å². The first kappa shape index (κ1) is 48.8. The molecule has 0 aromatic carbocycles. The van der Waals surface area contributed by atoms with Crippen molar-refractivity contribution in [2.24, 2.45) is 0 Å². The van der Waals surface area contributed by atoms with Gasteiger partial charge in [0, 0.05) is 65.7 Å². The van der Waals surface area contributed by atoms with Gasteiger partial charge in [0.2, 0.25) is 0 Å². The number of ether oxygens (including phenoxy) is 3. The molecule has 20 heteroatoms. The van der Waals surface area contributed by atoms with E-state index in [-0.39, 0.29) is 29.8 Å². The first-order valence-corrected chi connectivity index (χ1v) is 26.3. The van der Waals surface area contributed by atoms with Crippen LogP contribution in [-0.4, -0.2) is 144 Å². The molecular formula is C27H50O10S10. The van der Waals surface area contributed by atoms with E-state index < -0.39 is 0 Å². The summed E-state index contributed by atoms with van der Waals surface area (Å²) in [5.74, 6) is 5.97. The lowest BCUT2D eigenvalue weighted by Gasteiger charge is -2.06. The zero-order valence-electron chi connectivity index (χ0n) is 26.7. The molecule has 0 aromatic rings. The first-order chi connectivity index (χ1) is 23.1. The molecule has 47 heavy (non-hydrogen) atoms. The maximum absolute atomic E-state index is 11.9. The van der Waals surface area contributed by atoms with Gasteiger partial charge in [0.1, 0.15) is 19.8 Å². The minimum atomic E-state index is -0.185. The molecule has 0 bridgehead atoms. The standard InChI is InChI=1S/C27H50O10S10/c28-18-46-23-41-13-4-27(32)33-6-14-42-21-40-12-3-26(31)34-7-15-43-22-45-17-9-37-36-5-1-10-38-20-39-11-2-25(30)35-8-16-44-24-47-19-29/h28-29H,1-24H2. The fourth-order valence-electron chi connectivity index (χ4n) is 2.60. The molecule has 0 rings (SSSR count). The normalized spacial score (nSPS) is 11.1. The Bertz CT molecular complexity index is 719. The van der Waals surface area contributed by atoms with Gasteiger partial charge in [-0.3, -0.25) is 14.4 Å². The highest BCUT2D eigenvalue weighted by atomic mass is 32.2. The molecule has 0 aromatic heterocycles. The van der Waals surface area contributed by atoms with E-state index in [0.29, 0.717) is 63.8 Å². The molecule has 0 aliphatic rings. The van der Waals surface area contributed by atoms with Crippen LogP contribution in [-0.2, 0) is 38.4 Å². The molecule has 278 valence electrons. The molecule has 0 aliphatic heterocycles. The Morgan fingerprint density at radius 3 is 1.11 bits per heavy atom. The summed E-state index contributed by atoms with van der Waals surface area (Å²) in [4.78, 5) is 45.6. The van der Waals surface area contributed by atoms with Crippen LogP contribution in [0, 0.1) is 0 Å². The molecule has 0 unspecified atom stereocenters. The molecule has 0 heterocycles. The lowest BCUT2D eigenvalue weighted by Crippen LogP contribution is -2.09. The van der Waals surface area contributed by atoms with Gasteiger partial charge in [-0.05, 0) is 12.2 Å². The van der Waals surface area contributed by atoms with E-state index in [2.05, 4.69) is 0 Å². The predicted molar refractivity (Wildman–Crippen MR) is 217 cm³/mol. The summed E-state index contributed by atoms with van der Waals surface area (Å²) < 4.78 is 15.7. The molecule has 0 fully saturated rings. The first-order valence-electron chi connectivity index (χ1n) is 14.8. The molecule has 0 spiro atoms. The van der Waals surface area contributed by atoms with Gasteiger partial charge in [0.05, 0.1) is 44.4 Å². The minimum absolute atomic E-state index is 0.102. The summed E-state index contributed by atoms with van der Waals surface area (Å²) in [6.07, 6.45) is 2.12. The Morgan fingerprint density at radius 1 is 0.383 bits per heavy atom. The molecule has 0 amide bonds. The van der Waals surface area contributed by atoms with Gasteiger partial charge in [0.25, 0.3) is 0 Å². The maximum atomic E-state index is 11.9. The third kappa shape index (κ3) is 42.1. The van der Waals surface area contributed by atoms with Gasteiger partial charge in [-0.15, -0.1) is 70.6 Å². The third-order valence-electron chi connectivity index (χ3n) is 4.75. The van der Waals surface area contributed by atoms with E-state index in [1.165, 1.54) is 23.5 Å². The van der Waals surface area contributed by atoms with Gasteiger partial charge < -0.3 is 24.4 Å². The number of hydrogen-bond donors (Lipinski definition) is 2. The maximum Gasteiger partial charge on any atom is 0.306 e. The molecular weight excluding hydrogens is 805 g/mol. The Hall–Kier alpha value is 1.75. The zero-order valence-corrected chi connectivity index (χ0v) is 34.9. The monoisotopic (exact) mass is 854 g/mol. The number of rotatable bonds is 38. The van der Waals surface area contributed by atoms with E-state index in [0.717, 1.165) is 66.4 Å². The van der Waals surface area contributed by atoms with Crippen molar-refractivity contribution >= 4 is 136 Å². The zero-order chi connectivity index (χ0) is 34.3. The number of carbonyl (C=O) groups excluding carboxylic acids is 3. The summed E-state index contributed by atoms with van der Waals surface area (Å²) in [7, 11) is 0. The van der Waals surface area contributed by atoms with E-state index >= 15 is 0 Å². The van der Waals surface area contributed by atoms with Gasteiger partial charge in [-0.1, -0.05) is 0 Å². The number of esters is 3. The van der Waals surface area contributed by atoms with E-state index in [1.54, 1.807) is 82.3 Å². The van der Waals surface area contributed by atoms with Crippen molar-refractivity contribution in [3.05, 3.63) is 0 Å². The molecule has 10 nitrogen and oxygen atoms in total. The third-order valence-corrected chi connectivity index (χ3v) is 15.7. The van der Waals surface area contributed by atoms with Crippen LogP contribution in [0.15, 0.2) is 0 Å². The minimum Gasteiger partial charge on any atom is -0.465 e. The number of carbonyl (C=O) groups is 3. The molecule has 2 N–H and O–H groups in total. The van der Waals surface area contributed by atoms with Crippen LogP contribution in [0.1, 0.15) is 25.7 Å². The summed E-state index contributed by atoms with van der Waals surface area (Å²) >= 11 is 16.5. The fraction of sp³-hybridized carbons (Fsp3) is 0.889.